The Hall–Kier alpha value is -1.66. The first kappa shape index (κ1) is 14.3. The summed E-state index contributed by atoms with van der Waals surface area (Å²) in [7, 11) is -3.90. The first-order valence-electron chi connectivity index (χ1n) is 6.82. The molecule has 6 heteroatoms. The largest absolute Gasteiger partial charge is 0.469 e. The van der Waals surface area contributed by atoms with Gasteiger partial charge in [-0.25, -0.2) is 17.5 Å². The average molecular weight is 309 g/mol. The Kier molecular flexibility index (Phi) is 3.59. The summed E-state index contributed by atoms with van der Waals surface area (Å²) in [5, 5.41) is 0. The van der Waals surface area contributed by atoms with Gasteiger partial charge in [-0.15, -0.1) is 0 Å². The monoisotopic (exact) mass is 309 g/mol. The Balaban J connectivity index is 1.93. The molecule has 1 atom stereocenters. The fourth-order valence-corrected chi connectivity index (χ4v) is 4.09. The van der Waals surface area contributed by atoms with Crippen LogP contribution in [0.5, 0.6) is 0 Å². The van der Waals surface area contributed by atoms with Crippen molar-refractivity contribution >= 4 is 10.0 Å². The minimum Gasteiger partial charge on any atom is -0.469 e. The third-order valence-corrected chi connectivity index (χ3v) is 5.21. The minimum absolute atomic E-state index is 0.307. The van der Waals surface area contributed by atoms with Crippen molar-refractivity contribution in [2.24, 2.45) is 0 Å². The lowest BCUT2D eigenvalue weighted by Gasteiger charge is -2.22. The summed E-state index contributed by atoms with van der Waals surface area (Å²) in [5.41, 5.74) is 1.54. The van der Waals surface area contributed by atoms with E-state index in [1.807, 2.05) is 0 Å². The van der Waals surface area contributed by atoms with Gasteiger partial charge in [0.25, 0.3) is 0 Å². The fraction of sp³-hybridized carbons (Fsp3) is 0.333. The predicted molar refractivity (Wildman–Crippen MR) is 75.8 cm³/mol. The molecule has 0 aliphatic heterocycles. The lowest BCUT2D eigenvalue weighted by molar-refractivity contribution is 0.437. The minimum atomic E-state index is -3.90. The van der Waals surface area contributed by atoms with Crippen LogP contribution in [0.4, 0.5) is 4.39 Å². The zero-order valence-electron chi connectivity index (χ0n) is 11.6. The van der Waals surface area contributed by atoms with Gasteiger partial charge in [0.05, 0.1) is 12.3 Å². The highest BCUT2D eigenvalue weighted by atomic mass is 32.2. The van der Waals surface area contributed by atoms with Crippen molar-refractivity contribution in [2.75, 3.05) is 0 Å². The number of aryl methyl sites for hydroxylation is 2. The zero-order chi connectivity index (χ0) is 15.0. The van der Waals surface area contributed by atoms with Gasteiger partial charge in [-0.2, -0.15) is 0 Å². The van der Waals surface area contributed by atoms with Crippen molar-refractivity contribution in [3.8, 4) is 0 Å². The van der Waals surface area contributed by atoms with Gasteiger partial charge in [0.2, 0.25) is 10.0 Å². The number of hydrogen-bond acceptors (Lipinski definition) is 3. The topological polar surface area (TPSA) is 59.3 Å². The van der Waals surface area contributed by atoms with Gasteiger partial charge in [-0.1, -0.05) is 6.07 Å². The number of hydrogen-bond donors (Lipinski definition) is 1. The van der Waals surface area contributed by atoms with Gasteiger partial charge in [0, 0.05) is 12.0 Å². The van der Waals surface area contributed by atoms with E-state index in [2.05, 4.69) is 4.72 Å². The van der Waals surface area contributed by atoms with Crippen LogP contribution in [0.3, 0.4) is 0 Å². The second kappa shape index (κ2) is 5.27. The molecular formula is C15H16FNO3S. The Labute approximate surface area is 123 Å². The molecule has 0 amide bonds. The highest BCUT2D eigenvalue weighted by molar-refractivity contribution is 7.89. The van der Waals surface area contributed by atoms with E-state index in [1.54, 1.807) is 25.3 Å². The summed E-state index contributed by atoms with van der Waals surface area (Å²) < 4.78 is 46.6. The molecule has 21 heavy (non-hydrogen) atoms. The summed E-state index contributed by atoms with van der Waals surface area (Å²) >= 11 is 0. The van der Waals surface area contributed by atoms with E-state index in [0.717, 1.165) is 24.2 Å². The zero-order valence-corrected chi connectivity index (χ0v) is 12.4. The van der Waals surface area contributed by atoms with E-state index in [4.69, 9.17) is 4.42 Å². The van der Waals surface area contributed by atoms with E-state index in [1.165, 1.54) is 12.1 Å². The van der Waals surface area contributed by atoms with Crippen LogP contribution in [-0.2, 0) is 16.4 Å². The molecule has 0 fully saturated rings. The standard InChI is InChI=1S/C15H16FNO3S/c1-10-5-6-12(16)15(9-10)21(18,19)17-13-3-2-4-14-11(13)7-8-20-14/h5-9,13,17H,2-4H2,1H3. The smallest absolute Gasteiger partial charge is 0.244 e. The Morgan fingerprint density at radius 1 is 1.33 bits per heavy atom. The van der Waals surface area contributed by atoms with Crippen LogP contribution in [0.1, 0.15) is 35.8 Å². The summed E-state index contributed by atoms with van der Waals surface area (Å²) in [6.07, 6.45) is 3.88. The number of rotatable bonds is 3. The summed E-state index contributed by atoms with van der Waals surface area (Å²) in [4.78, 5) is -0.307. The number of nitrogens with one attached hydrogen (secondary N) is 1. The van der Waals surface area contributed by atoms with Crippen LogP contribution in [0, 0.1) is 12.7 Å². The van der Waals surface area contributed by atoms with Crippen molar-refractivity contribution in [3.63, 3.8) is 0 Å². The third kappa shape index (κ3) is 2.73. The summed E-state index contributed by atoms with van der Waals surface area (Å²) in [6.45, 7) is 1.73. The third-order valence-electron chi connectivity index (χ3n) is 3.73. The predicted octanol–water partition coefficient (Wildman–Crippen LogP) is 3.08. The van der Waals surface area contributed by atoms with Gasteiger partial charge in [-0.3, -0.25) is 0 Å². The Morgan fingerprint density at radius 2 is 2.14 bits per heavy atom. The quantitative estimate of drug-likeness (QED) is 0.948. The van der Waals surface area contributed by atoms with E-state index >= 15 is 0 Å². The second-order valence-corrected chi connectivity index (χ2v) is 6.98. The molecule has 0 saturated heterocycles. The van der Waals surface area contributed by atoms with Crippen LogP contribution in [0.15, 0.2) is 39.8 Å². The lowest BCUT2D eigenvalue weighted by atomic mass is 9.94. The molecule has 1 aliphatic rings. The lowest BCUT2D eigenvalue weighted by Crippen LogP contribution is -2.31. The summed E-state index contributed by atoms with van der Waals surface area (Å²) in [6, 6.07) is 5.47. The average Bonchev–Trinajstić information content (AvgIpc) is 2.90. The molecule has 4 nitrogen and oxygen atoms in total. The van der Waals surface area contributed by atoms with Crippen LogP contribution in [-0.4, -0.2) is 8.42 Å². The first-order chi connectivity index (χ1) is 9.97. The van der Waals surface area contributed by atoms with Crippen molar-refractivity contribution in [3.05, 3.63) is 53.2 Å². The van der Waals surface area contributed by atoms with Gasteiger partial charge < -0.3 is 4.42 Å². The van der Waals surface area contributed by atoms with Crippen molar-refractivity contribution in [1.29, 1.82) is 0 Å². The van der Waals surface area contributed by atoms with Crippen molar-refractivity contribution < 1.29 is 17.2 Å². The Morgan fingerprint density at radius 3 is 2.95 bits per heavy atom. The van der Waals surface area contributed by atoms with E-state index in [9.17, 15) is 12.8 Å². The van der Waals surface area contributed by atoms with E-state index in [0.29, 0.717) is 12.0 Å². The molecule has 0 spiro atoms. The maximum atomic E-state index is 13.8. The number of benzene rings is 1. The maximum Gasteiger partial charge on any atom is 0.244 e. The molecule has 2 aromatic rings. The molecule has 3 rings (SSSR count). The molecule has 1 N–H and O–H groups in total. The van der Waals surface area contributed by atoms with Gasteiger partial charge >= 0.3 is 0 Å². The van der Waals surface area contributed by atoms with Crippen LogP contribution in [0.2, 0.25) is 0 Å². The summed E-state index contributed by atoms with van der Waals surface area (Å²) in [5.74, 6) is 0.0648. The van der Waals surface area contributed by atoms with Crippen LogP contribution >= 0.6 is 0 Å². The van der Waals surface area contributed by atoms with Crippen LogP contribution in [0.25, 0.3) is 0 Å². The van der Waals surface area contributed by atoms with Crippen molar-refractivity contribution in [1.82, 2.24) is 4.72 Å². The number of furan rings is 1. The van der Waals surface area contributed by atoms with Crippen LogP contribution < -0.4 is 4.72 Å². The van der Waals surface area contributed by atoms with Gasteiger partial charge in [-0.05, 0) is 43.5 Å². The van der Waals surface area contributed by atoms with Gasteiger partial charge in [0.1, 0.15) is 16.5 Å². The Bertz CT molecular complexity index is 767. The van der Waals surface area contributed by atoms with E-state index in [-0.39, 0.29) is 10.9 Å². The molecule has 1 aromatic heterocycles. The highest BCUT2D eigenvalue weighted by Gasteiger charge is 2.28. The SMILES string of the molecule is Cc1ccc(F)c(S(=O)(=O)NC2CCCc3occc32)c1. The molecule has 0 bridgehead atoms. The second-order valence-electron chi connectivity index (χ2n) is 5.30. The maximum absolute atomic E-state index is 13.8. The van der Waals surface area contributed by atoms with Crippen molar-refractivity contribution in [2.45, 2.75) is 37.1 Å². The number of halogens is 1. The number of sulfonamides is 1. The first-order valence-corrected chi connectivity index (χ1v) is 8.30. The normalized spacial score (nSPS) is 18.5. The number of fused-ring (bicyclic) bond motifs is 1. The highest BCUT2D eigenvalue weighted by Crippen LogP contribution is 2.32. The van der Waals surface area contributed by atoms with Gasteiger partial charge in [0.15, 0.2) is 0 Å². The van der Waals surface area contributed by atoms with E-state index < -0.39 is 15.8 Å². The fourth-order valence-electron chi connectivity index (χ4n) is 2.68. The molecule has 0 radical (unpaired) electrons. The molecule has 1 heterocycles. The molecule has 1 unspecified atom stereocenters. The molecule has 1 aliphatic carbocycles. The molecule has 0 saturated carbocycles. The molecule has 112 valence electrons. The molecule has 1 aromatic carbocycles. The molecular weight excluding hydrogens is 293 g/mol.